The molecule has 2 rings (SSSR count). The lowest BCUT2D eigenvalue weighted by molar-refractivity contribution is 0.0475. The quantitative estimate of drug-likeness (QED) is 0.632. The van der Waals surface area contributed by atoms with Crippen LogP contribution in [-0.2, 0) is 4.74 Å². The Morgan fingerprint density at radius 3 is 2.35 bits per heavy atom. The number of ether oxygens (including phenoxy) is 1. The first-order valence-corrected chi connectivity index (χ1v) is 6.54. The molecule has 5 heteroatoms. The number of esters is 1. The fourth-order valence-electron chi connectivity index (χ4n) is 1.58. The van der Waals surface area contributed by atoms with Crippen molar-refractivity contribution in [1.29, 1.82) is 0 Å². The van der Waals surface area contributed by atoms with E-state index in [0.29, 0.717) is 10.6 Å². The summed E-state index contributed by atoms with van der Waals surface area (Å²) in [5.74, 6) is -0.931. The fraction of sp³-hybridized carbons (Fsp3) is 0.0667. The van der Waals surface area contributed by atoms with Crippen molar-refractivity contribution in [2.75, 3.05) is 6.61 Å². The van der Waals surface area contributed by atoms with Gasteiger partial charge in [0, 0.05) is 10.6 Å². The molecule has 0 atom stereocenters. The van der Waals surface area contributed by atoms with Gasteiger partial charge in [0.2, 0.25) is 5.78 Å². The van der Waals surface area contributed by atoms with Crippen LogP contribution in [0, 0.1) is 0 Å². The van der Waals surface area contributed by atoms with Crippen LogP contribution in [0.25, 0.3) is 0 Å². The molecule has 0 saturated heterocycles. The summed E-state index contributed by atoms with van der Waals surface area (Å²) in [5.41, 5.74) is 0.666. The van der Waals surface area contributed by atoms with Gasteiger partial charge < -0.3 is 4.74 Å². The summed E-state index contributed by atoms with van der Waals surface area (Å²) in [5, 5.41) is 0.672. The molecule has 2 aromatic rings. The van der Waals surface area contributed by atoms with Crippen molar-refractivity contribution in [1.82, 2.24) is 0 Å². The molecule has 102 valence electrons. The van der Waals surface area contributed by atoms with Crippen molar-refractivity contribution < 1.29 is 14.3 Å². The van der Waals surface area contributed by atoms with E-state index in [1.54, 1.807) is 36.4 Å². The second-order valence-electron chi connectivity index (χ2n) is 3.99. The van der Waals surface area contributed by atoms with Gasteiger partial charge in [-0.3, -0.25) is 4.79 Å². The molecule has 0 radical (unpaired) electrons. The van der Waals surface area contributed by atoms with Crippen LogP contribution < -0.4 is 0 Å². The second kappa shape index (κ2) is 6.55. The molecule has 0 aliphatic carbocycles. The van der Waals surface area contributed by atoms with Crippen LogP contribution in [0.1, 0.15) is 20.7 Å². The minimum Gasteiger partial charge on any atom is -0.454 e. The van der Waals surface area contributed by atoms with Crippen molar-refractivity contribution in [2.45, 2.75) is 0 Å². The maximum atomic E-state index is 11.9. The van der Waals surface area contributed by atoms with Gasteiger partial charge in [-0.1, -0.05) is 41.4 Å². The molecule has 0 saturated carbocycles. The smallest absolute Gasteiger partial charge is 0.338 e. The molecule has 20 heavy (non-hydrogen) atoms. The Hall–Kier alpha value is -1.84. The van der Waals surface area contributed by atoms with E-state index < -0.39 is 5.97 Å². The molecule has 0 bridgehead atoms. The highest BCUT2D eigenvalue weighted by molar-refractivity contribution is 6.36. The Kier molecular flexibility index (Phi) is 4.77. The molecule has 0 heterocycles. The maximum absolute atomic E-state index is 11.9. The van der Waals surface area contributed by atoms with Gasteiger partial charge in [-0.25, -0.2) is 4.79 Å². The first-order chi connectivity index (χ1) is 9.58. The van der Waals surface area contributed by atoms with Crippen LogP contribution in [0.4, 0.5) is 0 Å². The zero-order valence-electron chi connectivity index (χ0n) is 10.3. The molecule has 0 N–H and O–H groups in total. The van der Waals surface area contributed by atoms with Gasteiger partial charge in [0.05, 0.1) is 10.6 Å². The molecular formula is C15H10Cl2O3. The highest BCUT2D eigenvalue weighted by Gasteiger charge is 2.14. The third kappa shape index (κ3) is 3.59. The number of carbonyl (C=O) groups excluding carboxylic acids is 2. The molecule has 3 nitrogen and oxygen atoms in total. The molecule has 0 unspecified atom stereocenters. The Morgan fingerprint density at radius 1 is 1.00 bits per heavy atom. The normalized spacial score (nSPS) is 10.1. The number of Topliss-reactive ketones (excluding diaryl/α,β-unsaturated/α-hetero) is 1. The van der Waals surface area contributed by atoms with Gasteiger partial charge in [-0.15, -0.1) is 0 Å². The zero-order valence-corrected chi connectivity index (χ0v) is 11.8. The van der Waals surface area contributed by atoms with E-state index in [1.165, 1.54) is 12.1 Å². The first kappa shape index (κ1) is 14.6. The Bertz CT molecular complexity index is 639. The predicted octanol–water partition coefficient (Wildman–Crippen LogP) is 4.03. The number of rotatable bonds is 4. The standard InChI is InChI=1S/C15H10Cl2O3/c16-11-6-7-12(13(17)8-11)14(18)9-20-15(19)10-4-2-1-3-5-10/h1-8H,9H2. The highest BCUT2D eigenvalue weighted by Crippen LogP contribution is 2.21. The largest absolute Gasteiger partial charge is 0.454 e. The van der Waals surface area contributed by atoms with E-state index >= 15 is 0 Å². The molecule has 2 aromatic carbocycles. The molecular weight excluding hydrogens is 299 g/mol. The Morgan fingerprint density at radius 2 is 1.70 bits per heavy atom. The van der Waals surface area contributed by atoms with Crippen molar-refractivity contribution >= 4 is 35.0 Å². The van der Waals surface area contributed by atoms with Gasteiger partial charge >= 0.3 is 5.97 Å². The van der Waals surface area contributed by atoms with Crippen molar-refractivity contribution in [3.63, 3.8) is 0 Å². The predicted molar refractivity (Wildman–Crippen MR) is 77.5 cm³/mol. The Labute approximate surface area is 126 Å². The summed E-state index contributed by atoms with van der Waals surface area (Å²) in [7, 11) is 0. The van der Waals surface area contributed by atoms with Gasteiger partial charge in [-0.2, -0.15) is 0 Å². The van der Waals surface area contributed by atoms with Gasteiger partial charge in [0.1, 0.15) is 0 Å². The van der Waals surface area contributed by atoms with Crippen LogP contribution >= 0.6 is 23.2 Å². The van der Waals surface area contributed by atoms with Crippen LogP contribution in [0.15, 0.2) is 48.5 Å². The number of hydrogen-bond donors (Lipinski definition) is 0. The van der Waals surface area contributed by atoms with Crippen molar-refractivity contribution in [3.05, 3.63) is 69.7 Å². The summed E-state index contributed by atoms with van der Waals surface area (Å²) in [6.07, 6.45) is 0. The molecule has 0 aliphatic rings. The maximum Gasteiger partial charge on any atom is 0.338 e. The zero-order chi connectivity index (χ0) is 14.5. The van der Waals surface area contributed by atoms with E-state index in [4.69, 9.17) is 27.9 Å². The van der Waals surface area contributed by atoms with Gasteiger partial charge in [0.15, 0.2) is 6.61 Å². The number of ketones is 1. The number of benzene rings is 2. The van der Waals surface area contributed by atoms with E-state index in [2.05, 4.69) is 0 Å². The number of carbonyl (C=O) groups is 2. The minimum absolute atomic E-state index is 0.235. The number of halogens is 2. The average molecular weight is 309 g/mol. The summed E-state index contributed by atoms with van der Waals surface area (Å²) < 4.78 is 4.95. The third-order valence-electron chi connectivity index (χ3n) is 2.58. The summed E-state index contributed by atoms with van der Waals surface area (Å²) in [6, 6.07) is 13.0. The van der Waals surface area contributed by atoms with Gasteiger partial charge in [-0.05, 0) is 30.3 Å². The summed E-state index contributed by atoms with van der Waals surface area (Å²) >= 11 is 11.7. The minimum atomic E-state index is -0.552. The van der Waals surface area contributed by atoms with Gasteiger partial charge in [0.25, 0.3) is 0 Å². The first-order valence-electron chi connectivity index (χ1n) is 5.78. The van der Waals surface area contributed by atoms with E-state index in [9.17, 15) is 9.59 Å². The summed E-state index contributed by atoms with van der Waals surface area (Å²) in [6.45, 7) is -0.366. The molecule has 0 aliphatic heterocycles. The second-order valence-corrected chi connectivity index (χ2v) is 4.83. The lowest BCUT2D eigenvalue weighted by Crippen LogP contribution is -2.14. The van der Waals surface area contributed by atoms with Crippen LogP contribution in [-0.4, -0.2) is 18.4 Å². The van der Waals surface area contributed by atoms with E-state index in [-0.39, 0.29) is 23.0 Å². The van der Waals surface area contributed by atoms with E-state index in [1.807, 2.05) is 0 Å². The molecule has 0 amide bonds. The van der Waals surface area contributed by atoms with E-state index in [0.717, 1.165) is 0 Å². The van der Waals surface area contributed by atoms with Crippen molar-refractivity contribution in [2.24, 2.45) is 0 Å². The topological polar surface area (TPSA) is 43.4 Å². The SMILES string of the molecule is O=C(OCC(=O)c1ccc(Cl)cc1Cl)c1ccccc1. The number of hydrogen-bond acceptors (Lipinski definition) is 3. The molecule has 0 aromatic heterocycles. The van der Waals surface area contributed by atoms with Crippen molar-refractivity contribution in [3.8, 4) is 0 Å². The molecule has 0 fully saturated rings. The Balaban J connectivity index is 2.00. The summed E-state index contributed by atoms with van der Waals surface area (Å²) in [4.78, 5) is 23.6. The lowest BCUT2D eigenvalue weighted by Gasteiger charge is -2.06. The third-order valence-corrected chi connectivity index (χ3v) is 3.12. The monoisotopic (exact) mass is 308 g/mol. The van der Waals surface area contributed by atoms with Crippen LogP contribution in [0.3, 0.4) is 0 Å². The lowest BCUT2D eigenvalue weighted by atomic mass is 10.1. The highest BCUT2D eigenvalue weighted by atomic mass is 35.5. The van der Waals surface area contributed by atoms with Crippen LogP contribution in [0.2, 0.25) is 10.0 Å². The average Bonchev–Trinajstić information content (AvgIpc) is 2.45. The molecule has 0 spiro atoms. The van der Waals surface area contributed by atoms with Crippen LogP contribution in [0.5, 0.6) is 0 Å². The fourth-order valence-corrected chi connectivity index (χ4v) is 2.10.